The lowest BCUT2D eigenvalue weighted by Gasteiger charge is -2.10. The molecule has 5 heteroatoms. The van der Waals surface area contributed by atoms with Crippen LogP contribution in [-0.2, 0) is 0 Å². The molecule has 0 N–H and O–H groups in total. The summed E-state index contributed by atoms with van der Waals surface area (Å²) in [5.41, 5.74) is 1.74. The van der Waals surface area contributed by atoms with Crippen LogP contribution in [0.3, 0.4) is 0 Å². The Labute approximate surface area is 121 Å². The average Bonchev–Trinajstić information content (AvgIpc) is 2.58. The molecule has 0 saturated heterocycles. The Morgan fingerprint density at radius 1 is 1.35 bits per heavy atom. The second-order valence-corrected chi connectivity index (χ2v) is 6.61. The molecular weight excluding hydrogens is 346 g/mol. The molecule has 0 aliphatic carbocycles. The first-order valence-corrected chi connectivity index (χ1v) is 7.26. The third kappa shape index (κ3) is 2.84. The van der Waals surface area contributed by atoms with Gasteiger partial charge in [-0.15, -0.1) is 22.9 Å². The quantitative estimate of drug-likeness (QED) is 0.586. The van der Waals surface area contributed by atoms with Gasteiger partial charge in [0, 0.05) is 9.35 Å². The number of alkyl halides is 1. The fourth-order valence-corrected chi connectivity index (χ4v) is 3.74. The van der Waals surface area contributed by atoms with Crippen LogP contribution >= 0.6 is 50.5 Å². The molecule has 0 saturated carbocycles. The van der Waals surface area contributed by atoms with Crippen molar-refractivity contribution in [2.24, 2.45) is 0 Å². The summed E-state index contributed by atoms with van der Waals surface area (Å²) in [7, 11) is 0. The molecular formula is C12H8BrCl2FS. The van der Waals surface area contributed by atoms with Crippen LogP contribution < -0.4 is 0 Å². The van der Waals surface area contributed by atoms with Crippen molar-refractivity contribution in [3.63, 3.8) is 0 Å². The summed E-state index contributed by atoms with van der Waals surface area (Å²) in [5.74, 6) is -0.250. The van der Waals surface area contributed by atoms with Gasteiger partial charge >= 0.3 is 0 Å². The molecule has 2 aromatic rings. The maximum atomic E-state index is 13.0. The Bertz CT molecular complexity index is 534. The molecule has 0 radical (unpaired) electrons. The van der Waals surface area contributed by atoms with Gasteiger partial charge in [0.25, 0.3) is 0 Å². The lowest BCUT2D eigenvalue weighted by atomic mass is 10.0. The van der Waals surface area contributed by atoms with E-state index in [9.17, 15) is 4.39 Å². The fraction of sp³-hybridized carbons (Fsp3) is 0.167. The molecule has 1 aromatic heterocycles. The van der Waals surface area contributed by atoms with Crippen molar-refractivity contribution in [2.45, 2.75) is 12.3 Å². The lowest BCUT2D eigenvalue weighted by Crippen LogP contribution is -1.94. The Hall–Kier alpha value is -0.0900. The van der Waals surface area contributed by atoms with E-state index in [1.54, 1.807) is 6.07 Å². The summed E-state index contributed by atoms with van der Waals surface area (Å²) in [4.78, 5) is 0.943. The van der Waals surface area contributed by atoms with E-state index >= 15 is 0 Å². The van der Waals surface area contributed by atoms with E-state index in [-0.39, 0.29) is 11.2 Å². The molecule has 0 nitrogen and oxygen atoms in total. The standard InChI is InChI=1S/C12H8BrCl2FS/c1-6-4-7(16)2-3-8(6)11(14)10-5-9(13)12(15)17-10/h2-5,11H,1H3. The monoisotopic (exact) mass is 352 g/mol. The number of benzene rings is 1. The first-order chi connectivity index (χ1) is 7.99. The van der Waals surface area contributed by atoms with Crippen molar-refractivity contribution in [2.75, 3.05) is 0 Å². The molecule has 0 aliphatic rings. The topological polar surface area (TPSA) is 0 Å². The van der Waals surface area contributed by atoms with Crippen LogP contribution in [0.25, 0.3) is 0 Å². The number of hydrogen-bond acceptors (Lipinski definition) is 1. The number of hydrogen-bond donors (Lipinski definition) is 0. The van der Waals surface area contributed by atoms with Gasteiger partial charge in [-0.3, -0.25) is 0 Å². The van der Waals surface area contributed by atoms with Gasteiger partial charge in [0.1, 0.15) is 10.2 Å². The molecule has 1 atom stereocenters. The second kappa shape index (κ2) is 5.27. The van der Waals surface area contributed by atoms with Gasteiger partial charge in [-0.2, -0.15) is 0 Å². The molecule has 2 rings (SSSR count). The molecule has 0 aliphatic heterocycles. The Morgan fingerprint density at radius 2 is 2.06 bits per heavy atom. The zero-order chi connectivity index (χ0) is 12.6. The number of aryl methyl sites for hydroxylation is 1. The fourth-order valence-electron chi connectivity index (χ4n) is 1.56. The highest BCUT2D eigenvalue weighted by Gasteiger charge is 2.17. The minimum absolute atomic E-state index is 0.250. The highest BCUT2D eigenvalue weighted by molar-refractivity contribution is 9.10. The summed E-state index contributed by atoms with van der Waals surface area (Å²) < 4.78 is 14.5. The molecule has 0 amide bonds. The summed E-state index contributed by atoms with van der Waals surface area (Å²) in [6.07, 6.45) is 0. The van der Waals surface area contributed by atoms with Crippen LogP contribution in [0.5, 0.6) is 0 Å². The first kappa shape index (κ1) is 13.3. The van der Waals surface area contributed by atoms with Crippen LogP contribution in [0.2, 0.25) is 4.34 Å². The van der Waals surface area contributed by atoms with Crippen molar-refractivity contribution < 1.29 is 4.39 Å². The second-order valence-electron chi connectivity index (χ2n) is 3.63. The van der Waals surface area contributed by atoms with Crippen molar-refractivity contribution in [3.05, 3.63) is 54.9 Å². The van der Waals surface area contributed by atoms with Crippen molar-refractivity contribution >= 4 is 50.5 Å². The first-order valence-electron chi connectivity index (χ1n) is 4.84. The van der Waals surface area contributed by atoms with Crippen molar-refractivity contribution in [1.82, 2.24) is 0 Å². The van der Waals surface area contributed by atoms with Gasteiger partial charge in [0.15, 0.2) is 0 Å². The van der Waals surface area contributed by atoms with Crippen LogP contribution in [-0.4, -0.2) is 0 Å². The van der Waals surface area contributed by atoms with Gasteiger partial charge in [0.05, 0.1) is 5.38 Å². The third-order valence-corrected chi connectivity index (χ3v) is 5.56. The Kier molecular flexibility index (Phi) is 4.14. The molecule has 17 heavy (non-hydrogen) atoms. The number of thiophene rings is 1. The van der Waals surface area contributed by atoms with E-state index in [0.717, 1.165) is 20.5 Å². The molecule has 1 unspecified atom stereocenters. The molecule has 1 aromatic carbocycles. The van der Waals surface area contributed by atoms with E-state index in [4.69, 9.17) is 23.2 Å². The number of rotatable bonds is 2. The van der Waals surface area contributed by atoms with Gasteiger partial charge < -0.3 is 0 Å². The van der Waals surface area contributed by atoms with E-state index in [1.807, 2.05) is 13.0 Å². The number of halogens is 4. The van der Waals surface area contributed by atoms with Crippen LogP contribution in [0, 0.1) is 12.7 Å². The summed E-state index contributed by atoms with van der Waals surface area (Å²) in [5, 5.41) is -0.301. The summed E-state index contributed by atoms with van der Waals surface area (Å²) >= 11 is 17.1. The smallest absolute Gasteiger partial charge is 0.123 e. The van der Waals surface area contributed by atoms with E-state index in [0.29, 0.717) is 4.34 Å². The molecule has 0 fully saturated rings. The minimum Gasteiger partial charge on any atom is -0.207 e. The Balaban J connectivity index is 2.39. The zero-order valence-corrected chi connectivity index (χ0v) is 12.7. The van der Waals surface area contributed by atoms with Gasteiger partial charge in [-0.1, -0.05) is 17.7 Å². The predicted octanol–water partition coefficient (Wildman–Crippen LogP) is 5.94. The SMILES string of the molecule is Cc1cc(F)ccc1C(Cl)c1cc(Br)c(Cl)s1. The highest BCUT2D eigenvalue weighted by Crippen LogP contribution is 2.41. The van der Waals surface area contributed by atoms with Gasteiger partial charge in [0.2, 0.25) is 0 Å². The maximum Gasteiger partial charge on any atom is 0.123 e. The van der Waals surface area contributed by atoms with Crippen LogP contribution in [0.15, 0.2) is 28.7 Å². The minimum atomic E-state index is -0.301. The molecule has 0 spiro atoms. The highest BCUT2D eigenvalue weighted by atomic mass is 79.9. The average molecular weight is 354 g/mol. The maximum absolute atomic E-state index is 13.0. The largest absolute Gasteiger partial charge is 0.207 e. The van der Waals surface area contributed by atoms with E-state index in [2.05, 4.69) is 15.9 Å². The van der Waals surface area contributed by atoms with E-state index < -0.39 is 0 Å². The molecule has 90 valence electrons. The van der Waals surface area contributed by atoms with Crippen LogP contribution in [0.1, 0.15) is 21.4 Å². The van der Waals surface area contributed by atoms with Gasteiger partial charge in [-0.25, -0.2) is 4.39 Å². The normalized spacial score (nSPS) is 12.8. The predicted molar refractivity (Wildman–Crippen MR) is 75.9 cm³/mol. The van der Waals surface area contributed by atoms with Crippen LogP contribution in [0.4, 0.5) is 4.39 Å². The van der Waals surface area contributed by atoms with Crippen molar-refractivity contribution in [3.8, 4) is 0 Å². The van der Waals surface area contributed by atoms with E-state index in [1.165, 1.54) is 23.5 Å². The lowest BCUT2D eigenvalue weighted by molar-refractivity contribution is 0.625. The summed E-state index contributed by atoms with van der Waals surface area (Å²) in [6, 6.07) is 6.51. The molecule has 0 bridgehead atoms. The van der Waals surface area contributed by atoms with Crippen molar-refractivity contribution in [1.29, 1.82) is 0 Å². The zero-order valence-electron chi connectivity index (χ0n) is 8.81. The Morgan fingerprint density at radius 3 is 2.59 bits per heavy atom. The molecule has 1 heterocycles. The summed E-state index contributed by atoms with van der Waals surface area (Å²) in [6.45, 7) is 1.85. The van der Waals surface area contributed by atoms with Gasteiger partial charge in [-0.05, 0) is 52.2 Å². The third-order valence-electron chi connectivity index (χ3n) is 2.42.